The van der Waals surface area contributed by atoms with Gasteiger partial charge in [0.1, 0.15) is 6.61 Å². The average molecular weight is 335 g/mol. The smallest absolute Gasteiger partial charge is 0.223 e. The van der Waals surface area contributed by atoms with Crippen molar-refractivity contribution < 1.29 is 9.84 Å². The van der Waals surface area contributed by atoms with Crippen LogP contribution in [0.5, 0.6) is 5.75 Å². The zero-order valence-electron chi connectivity index (χ0n) is 14.1. The minimum absolute atomic E-state index is 0.154. The van der Waals surface area contributed by atoms with E-state index in [0.29, 0.717) is 24.6 Å². The Labute approximate surface area is 147 Å². The minimum Gasteiger partial charge on any atom is -0.483 e. The minimum atomic E-state index is -0.649. The van der Waals surface area contributed by atoms with Crippen LogP contribution in [0.2, 0.25) is 0 Å². The summed E-state index contributed by atoms with van der Waals surface area (Å²) >= 11 is 0. The zero-order valence-corrected chi connectivity index (χ0v) is 14.1. The third-order valence-corrected chi connectivity index (χ3v) is 4.17. The summed E-state index contributed by atoms with van der Waals surface area (Å²) in [6.07, 6.45) is 1.04. The predicted octanol–water partition coefficient (Wildman–Crippen LogP) is 3.47. The van der Waals surface area contributed by atoms with Crippen LogP contribution < -0.4 is 10.2 Å². The first kappa shape index (κ1) is 17.0. The van der Waals surface area contributed by atoms with Crippen LogP contribution >= 0.6 is 0 Å². The van der Waals surface area contributed by atoms with Gasteiger partial charge in [-0.25, -0.2) is 0 Å². The molecule has 0 aliphatic heterocycles. The number of benzene rings is 2. The number of hydrogen-bond acceptors (Lipinski definition) is 3. The summed E-state index contributed by atoms with van der Waals surface area (Å²) in [4.78, 5) is 12.2. The topological polar surface area (TPSA) is 51.5 Å². The highest BCUT2D eigenvalue weighted by Crippen LogP contribution is 2.19. The summed E-state index contributed by atoms with van der Waals surface area (Å²) in [5.41, 5.74) is 2.39. The summed E-state index contributed by atoms with van der Waals surface area (Å²) in [7, 11) is 0. The maximum absolute atomic E-state index is 12.2. The fourth-order valence-electron chi connectivity index (χ4n) is 2.72. The first-order valence-electron chi connectivity index (χ1n) is 8.25. The summed E-state index contributed by atoms with van der Waals surface area (Å²) in [6, 6.07) is 20.7. The molecule has 25 heavy (non-hydrogen) atoms. The number of hydrogen-bond donors (Lipinski definition) is 1. The number of aromatic nitrogens is 1. The Bertz CT molecular complexity index is 873. The van der Waals surface area contributed by atoms with Crippen LogP contribution in [0.15, 0.2) is 77.7 Å². The second-order valence-corrected chi connectivity index (χ2v) is 5.95. The lowest BCUT2D eigenvalue weighted by atomic mass is 10.1. The number of pyridine rings is 1. The Kier molecular flexibility index (Phi) is 5.31. The molecule has 0 bridgehead atoms. The number of aliphatic hydroxyl groups is 1. The Morgan fingerprint density at radius 3 is 2.32 bits per heavy atom. The number of ether oxygens (including phenoxy) is 1. The lowest BCUT2D eigenvalue weighted by Crippen LogP contribution is -2.17. The van der Waals surface area contributed by atoms with E-state index >= 15 is 0 Å². The third-order valence-electron chi connectivity index (χ3n) is 4.17. The molecular weight excluding hydrogens is 314 g/mol. The standard InChI is InChI=1S/C21H21NO3/c1-16-21(25-15-17-8-4-2-5-9-17)19(23)12-13-22(16)14-20(24)18-10-6-3-7-11-18/h2-13,20,24H,14-15H2,1H3/t20-/m0/s1. The molecule has 1 atom stereocenters. The molecule has 128 valence electrons. The fourth-order valence-corrected chi connectivity index (χ4v) is 2.72. The number of nitrogens with zero attached hydrogens (tertiary/aromatic N) is 1. The van der Waals surface area contributed by atoms with Gasteiger partial charge in [0.25, 0.3) is 0 Å². The Hall–Kier alpha value is -2.85. The molecule has 0 saturated carbocycles. The second-order valence-electron chi connectivity index (χ2n) is 5.95. The molecule has 0 aliphatic carbocycles. The first-order chi connectivity index (χ1) is 12.1. The van der Waals surface area contributed by atoms with Gasteiger partial charge in [0, 0.05) is 12.3 Å². The molecule has 0 unspecified atom stereocenters. The van der Waals surface area contributed by atoms with Gasteiger partial charge in [-0.15, -0.1) is 0 Å². The van der Waals surface area contributed by atoms with Crippen molar-refractivity contribution in [3.8, 4) is 5.75 Å². The molecule has 1 N–H and O–H groups in total. The molecule has 4 heteroatoms. The molecule has 4 nitrogen and oxygen atoms in total. The summed E-state index contributed by atoms with van der Waals surface area (Å²) < 4.78 is 7.61. The van der Waals surface area contributed by atoms with Crippen molar-refractivity contribution in [3.05, 3.63) is 100.0 Å². The molecule has 2 aromatic carbocycles. The van der Waals surface area contributed by atoms with Crippen molar-refractivity contribution in [1.29, 1.82) is 0 Å². The van der Waals surface area contributed by atoms with Crippen LogP contribution in [0.3, 0.4) is 0 Å². The van der Waals surface area contributed by atoms with Gasteiger partial charge in [-0.05, 0) is 18.1 Å². The highest BCUT2D eigenvalue weighted by molar-refractivity contribution is 5.28. The van der Waals surface area contributed by atoms with Gasteiger partial charge in [-0.3, -0.25) is 4.79 Å². The van der Waals surface area contributed by atoms with Crippen molar-refractivity contribution in [1.82, 2.24) is 4.57 Å². The Morgan fingerprint density at radius 1 is 1.00 bits per heavy atom. The quantitative estimate of drug-likeness (QED) is 0.750. The van der Waals surface area contributed by atoms with E-state index in [0.717, 1.165) is 11.1 Å². The van der Waals surface area contributed by atoms with Crippen LogP contribution in [0.1, 0.15) is 22.9 Å². The number of aliphatic hydroxyl groups excluding tert-OH is 1. The van der Waals surface area contributed by atoms with E-state index in [9.17, 15) is 9.90 Å². The molecule has 0 spiro atoms. The van der Waals surface area contributed by atoms with Crippen LogP contribution in [0.4, 0.5) is 0 Å². The van der Waals surface area contributed by atoms with Crippen LogP contribution in [-0.2, 0) is 13.2 Å². The largest absolute Gasteiger partial charge is 0.483 e. The summed E-state index contributed by atoms with van der Waals surface area (Å²) in [5, 5.41) is 10.4. The highest BCUT2D eigenvalue weighted by Gasteiger charge is 2.13. The monoisotopic (exact) mass is 335 g/mol. The van der Waals surface area contributed by atoms with Crippen molar-refractivity contribution in [2.24, 2.45) is 0 Å². The van der Waals surface area contributed by atoms with E-state index in [-0.39, 0.29) is 5.43 Å². The van der Waals surface area contributed by atoms with Crippen LogP contribution in [0, 0.1) is 6.92 Å². The maximum Gasteiger partial charge on any atom is 0.223 e. The van der Waals surface area contributed by atoms with Gasteiger partial charge >= 0.3 is 0 Å². The molecule has 3 aromatic rings. The van der Waals surface area contributed by atoms with E-state index in [4.69, 9.17) is 4.74 Å². The SMILES string of the molecule is Cc1c(OCc2ccccc2)c(=O)ccn1C[C@H](O)c1ccccc1. The van der Waals surface area contributed by atoms with Gasteiger partial charge in [0.15, 0.2) is 5.75 Å². The van der Waals surface area contributed by atoms with E-state index < -0.39 is 6.10 Å². The lowest BCUT2D eigenvalue weighted by Gasteiger charge is -2.18. The van der Waals surface area contributed by atoms with E-state index in [1.165, 1.54) is 6.07 Å². The van der Waals surface area contributed by atoms with Crippen LogP contribution in [0.25, 0.3) is 0 Å². The normalized spacial score (nSPS) is 11.9. The highest BCUT2D eigenvalue weighted by atomic mass is 16.5. The van der Waals surface area contributed by atoms with Crippen molar-refractivity contribution >= 4 is 0 Å². The van der Waals surface area contributed by atoms with Crippen LogP contribution in [-0.4, -0.2) is 9.67 Å². The molecule has 1 heterocycles. The predicted molar refractivity (Wildman–Crippen MR) is 97.6 cm³/mol. The second kappa shape index (κ2) is 7.81. The van der Waals surface area contributed by atoms with Gasteiger partial charge in [-0.1, -0.05) is 60.7 Å². The van der Waals surface area contributed by atoms with Crippen molar-refractivity contribution in [2.75, 3.05) is 0 Å². The van der Waals surface area contributed by atoms with Gasteiger partial charge in [0.2, 0.25) is 5.43 Å². The Morgan fingerprint density at radius 2 is 1.64 bits per heavy atom. The third kappa shape index (κ3) is 4.17. The molecule has 3 rings (SSSR count). The molecule has 0 radical (unpaired) electrons. The van der Waals surface area contributed by atoms with Gasteiger partial charge in [-0.2, -0.15) is 0 Å². The molecule has 0 amide bonds. The van der Waals surface area contributed by atoms with E-state index in [1.807, 2.05) is 72.2 Å². The van der Waals surface area contributed by atoms with Crippen molar-refractivity contribution in [3.63, 3.8) is 0 Å². The van der Waals surface area contributed by atoms with Crippen molar-refractivity contribution in [2.45, 2.75) is 26.2 Å². The fraction of sp³-hybridized carbons (Fsp3) is 0.190. The molecule has 0 aliphatic rings. The van der Waals surface area contributed by atoms with E-state index in [1.54, 1.807) is 6.20 Å². The Balaban J connectivity index is 1.78. The molecule has 0 fully saturated rings. The summed E-state index contributed by atoms with van der Waals surface area (Å²) in [6.45, 7) is 2.53. The average Bonchev–Trinajstić information content (AvgIpc) is 2.65. The first-order valence-corrected chi connectivity index (χ1v) is 8.25. The molecule has 1 aromatic heterocycles. The molecular formula is C21H21NO3. The van der Waals surface area contributed by atoms with Gasteiger partial charge < -0.3 is 14.4 Å². The molecule has 0 saturated heterocycles. The van der Waals surface area contributed by atoms with Gasteiger partial charge in [0.05, 0.1) is 18.3 Å². The number of rotatable bonds is 6. The maximum atomic E-state index is 12.2. The lowest BCUT2D eigenvalue weighted by molar-refractivity contribution is 0.154. The zero-order chi connectivity index (χ0) is 17.6. The van der Waals surface area contributed by atoms with E-state index in [2.05, 4.69) is 0 Å². The summed E-state index contributed by atoms with van der Waals surface area (Å²) in [5.74, 6) is 0.326.